The van der Waals surface area contributed by atoms with Crippen molar-refractivity contribution in [2.45, 2.75) is 36.7 Å². The fourth-order valence-electron chi connectivity index (χ4n) is 5.11. The Morgan fingerprint density at radius 2 is 2.03 bits per heavy atom. The number of hydrogen-bond acceptors (Lipinski definition) is 6. The molecule has 0 radical (unpaired) electrons. The van der Waals surface area contributed by atoms with Crippen LogP contribution in [-0.4, -0.2) is 58.6 Å². The Morgan fingerprint density at radius 3 is 2.78 bits per heavy atom. The lowest BCUT2D eigenvalue weighted by Crippen LogP contribution is -2.42. The van der Waals surface area contributed by atoms with Crippen molar-refractivity contribution in [2.75, 3.05) is 32.5 Å². The highest BCUT2D eigenvalue weighted by molar-refractivity contribution is 7.99. The van der Waals surface area contributed by atoms with Crippen molar-refractivity contribution in [1.29, 1.82) is 0 Å². The average Bonchev–Trinajstić information content (AvgIpc) is 2.88. The molecule has 2 heterocycles. The molecule has 3 aromatic rings. The predicted octanol–water partition coefficient (Wildman–Crippen LogP) is 5.92. The number of fused-ring (bicyclic) bond motifs is 1. The minimum Gasteiger partial charge on any atom is -0.497 e. The molecule has 8 heteroatoms. The first-order valence-electron chi connectivity index (χ1n) is 12.4. The summed E-state index contributed by atoms with van der Waals surface area (Å²) in [6.07, 6.45) is 3.57. The number of aliphatic hydroxyl groups excluding tert-OH is 1. The van der Waals surface area contributed by atoms with Crippen molar-refractivity contribution >= 4 is 40.2 Å². The summed E-state index contributed by atoms with van der Waals surface area (Å²) < 4.78 is 5.35. The molecule has 0 unspecified atom stereocenters. The van der Waals surface area contributed by atoms with Crippen molar-refractivity contribution in [3.8, 4) is 5.75 Å². The van der Waals surface area contributed by atoms with Gasteiger partial charge in [-0.3, -0.25) is 9.78 Å². The quantitative estimate of drug-likeness (QED) is 0.299. The summed E-state index contributed by atoms with van der Waals surface area (Å²) in [5.41, 5.74) is 1.66. The second kappa shape index (κ2) is 12.8. The van der Waals surface area contributed by atoms with Crippen LogP contribution < -0.4 is 4.74 Å². The van der Waals surface area contributed by atoms with Gasteiger partial charge in [-0.05, 0) is 91.7 Å². The maximum Gasteiger partial charge on any atom is 0.303 e. The van der Waals surface area contributed by atoms with Gasteiger partial charge < -0.3 is 19.8 Å². The maximum absolute atomic E-state index is 11.6. The van der Waals surface area contributed by atoms with E-state index >= 15 is 0 Å². The molecular weight excluding hydrogens is 496 g/mol. The van der Waals surface area contributed by atoms with E-state index < -0.39 is 12.1 Å². The minimum atomic E-state index is -0.754. The number of nitrogens with zero attached hydrogens (tertiary/aromatic N) is 2. The van der Waals surface area contributed by atoms with E-state index in [4.69, 9.17) is 16.3 Å². The number of aliphatic carboxylic acids is 1. The van der Waals surface area contributed by atoms with Crippen LogP contribution in [0.25, 0.3) is 10.9 Å². The van der Waals surface area contributed by atoms with Gasteiger partial charge in [0.2, 0.25) is 0 Å². The Morgan fingerprint density at radius 1 is 1.22 bits per heavy atom. The van der Waals surface area contributed by atoms with Crippen molar-refractivity contribution < 1.29 is 19.7 Å². The molecule has 192 valence electrons. The number of halogens is 1. The van der Waals surface area contributed by atoms with Crippen LogP contribution in [0.3, 0.4) is 0 Å². The number of benzene rings is 2. The molecule has 1 aromatic heterocycles. The number of thioether (sulfide) groups is 1. The molecular formula is C28H33ClN2O4S. The zero-order valence-corrected chi connectivity index (χ0v) is 22.0. The van der Waals surface area contributed by atoms with E-state index in [-0.39, 0.29) is 18.3 Å². The van der Waals surface area contributed by atoms with E-state index in [9.17, 15) is 15.0 Å². The number of pyridine rings is 1. The van der Waals surface area contributed by atoms with E-state index in [1.807, 2.05) is 48.5 Å². The highest BCUT2D eigenvalue weighted by Gasteiger charge is 2.31. The third kappa shape index (κ3) is 7.13. The maximum atomic E-state index is 11.6. The Labute approximate surface area is 221 Å². The number of hydrogen-bond donors (Lipinski definition) is 2. The van der Waals surface area contributed by atoms with Crippen LogP contribution >= 0.6 is 23.4 Å². The summed E-state index contributed by atoms with van der Waals surface area (Å²) in [6, 6.07) is 15.4. The number of aliphatic hydroxyl groups is 1. The van der Waals surface area contributed by atoms with E-state index in [1.54, 1.807) is 25.1 Å². The molecule has 3 atom stereocenters. The van der Waals surface area contributed by atoms with Crippen LogP contribution in [0.2, 0.25) is 5.02 Å². The van der Waals surface area contributed by atoms with E-state index in [0.717, 1.165) is 65.5 Å². The highest BCUT2D eigenvalue weighted by Crippen LogP contribution is 2.35. The first kappa shape index (κ1) is 26.7. The second-order valence-electron chi connectivity index (χ2n) is 9.39. The Balaban J connectivity index is 1.34. The number of likely N-dealkylation sites (tertiary alicyclic amines) is 1. The fraction of sp³-hybridized carbons (Fsp3) is 0.429. The molecule has 0 saturated carbocycles. The van der Waals surface area contributed by atoms with Crippen molar-refractivity contribution in [3.05, 3.63) is 65.3 Å². The molecule has 0 aliphatic carbocycles. The van der Waals surface area contributed by atoms with Crippen LogP contribution in [0.5, 0.6) is 5.75 Å². The van der Waals surface area contributed by atoms with Crippen molar-refractivity contribution in [2.24, 2.45) is 11.8 Å². The zero-order chi connectivity index (χ0) is 25.5. The van der Waals surface area contributed by atoms with Crippen LogP contribution in [0, 0.1) is 11.8 Å². The third-order valence-electron chi connectivity index (χ3n) is 7.05. The van der Waals surface area contributed by atoms with Crippen LogP contribution in [0.15, 0.2) is 59.6 Å². The molecule has 6 nitrogen and oxygen atoms in total. The Kier molecular flexibility index (Phi) is 9.48. The molecule has 0 amide bonds. The molecule has 1 aliphatic heterocycles. The number of aromatic nitrogens is 1. The number of rotatable bonds is 11. The topological polar surface area (TPSA) is 82.9 Å². The lowest BCUT2D eigenvalue weighted by molar-refractivity contribution is -0.139. The van der Waals surface area contributed by atoms with Gasteiger partial charge in [0.05, 0.1) is 18.7 Å². The zero-order valence-electron chi connectivity index (χ0n) is 20.5. The normalized spacial score (nSPS) is 19.3. The standard InChI is InChI=1S/C28H33ClN2O4S/c1-35-22-5-8-26-25(17-22)24(10-12-30-26)27(32)9-2-19-11-13-31(18-20(19)16-28(33)34)14-15-36-23-6-3-21(29)4-7-23/h3-8,10,12,17,19-20,27,32H,2,9,11,13-16,18H2,1H3,(H,33,34)/t19-,20+,27+/m1/s1. The fourth-order valence-corrected chi connectivity index (χ4v) is 6.15. The number of carbonyl (C=O) groups is 1. The van der Waals surface area contributed by atoms with Crippen LogP contribution in [0.1, 0.15) is 37.4 Å². The minimum absolute atomic E-state index is 0.0817. The van der Waals surface area contributed by atoms with Gasteiger partial charge in [0.25, 0.3) is 0 Å². The largest absolute Gasteiger partial charge is 0.497 e. The third-order valence-corrected chi connectivity index (χ3v) is 8.30. The van der Waals surface area contributed by atoms with Gasteiger partial charge in [0.15, 0.2) is 0 Å². The van der Waals surface area contributed by atoms with Gasteiger partial charge in [0, 0.05) is 46.8 Å². The lowest BCUT2D eigenvalue weighted by Gasteiger charge is -2.38. The summed E-state index contributed by atoms with van der Waals surface area (Å²) >= 11 is 7.76. The number of methoxy groups -OCH3 is 1. The molecule has 2 aromatic carbocycles. The average molecular weight is 529 g/mol. The summed E-state index contributed by atoms with van der Waals surface area (Å²) in [5, 5.41) is 22.2. The molecule has 2 N–H and O–H groups in total. The summed E-state index contributed by atoms with van der Waals surface area (Å²) in [6.45, 7) is 2.65. The van der Waals surface area contributed by atoms with E-state index in [2.05, 4.69) is 9.88 Å². The molecule has 0 spiro atoms. The van der Waals surface area contributed by atoms with Crippen molar-refractivity contribution in [3.63, 3.8) is 0 Å². The van der Waals surface area contributed by atoms with Crippen LogP contribution in [-0.2, 0) is 4.79 Å². The predicted molar refractivity (Wildman–Crippen MR) is 145 cm³/mol. The monoisotopic (exact) mass is 528 g/mol. The first-order chi connectivity index (χ1) is 17.4. The van der Waals surface area contributed by atoms with Gasteiger partial charge in [-0.25, -0.2) is 0 Å². The van der Waals surface area contributed by atoms with Gasteiger partial charge in [0.1, 0.15) is 5.75 Å². The van der Waals surface area contributed by atoms with Gasteiger partial charge in [-0.15, -0.1) is 11.8 Å². The second-order valence-corrected chi connectivity index (χ2v) is 11.0. The van der Waals surface area contributed by atoms with E-state index in [1.165, 1.54) is 4.90 Å². The van der Waals surface area contributed by atoms with Gasteiger partial charge >= 0.3 is 5.97 Å². The first-order valence-corrected chi connectivity index (χ1v) is 13.7. The molecule has 1 saturated heterocycles. The number of carboxylic acid groups (broad SMARTS) is 1. The summed E-state index contributed by atoms with van der Waals surface area (Å²) in [4.78, 5) is 19.6. The smallest absolute Gasteiger partial charge is 0.303 e. The molecule has 36 heavy (non-hydrogen) atoms. The summed E-state index contributed by atoms with van der Waals surface area (Å²) in [7, 11) is 1.62. The SMILES string of the molecule is COc1ccc2nccc([C@@H](O)CC[C@@H]3CCN(CCSc4ccc(Cl)cc4)C[C@@H]3CC(=O)O)c2c1. The molecule has 1 aliphatic rings. The van der Waals surface area contributed by atoms with Gasteiger partial charge in [-0.2, -0.15) is 0 Å². The summed E-state index contributed by atoms with van der Waals surface area (Å²) in [5.74, 6) is 1.28. The number of piperidine rings is 1. The molecule has 1 fully saturated rings. The Hall–Kier alpha value is -2.32. The molecule has 4 rings (SSSR count). The number of carboxylic acids is 1. The highest BCUT2D eigenvalue weighted by atomic mass is 35.5. The number of ether oxygens (including phenoxy) is 1. The van der Waals surface area contributed by atoms with E-state index in [0.29, 0.717) is 6.42 Å². The van der Waals surface area contributed by atoms with Crippen LogP contribution in [0.4, 0.5) is 0 Å². The lowest BCUT2D eigenvalue weighted by atomic mass is 9.79. The Bertz CT molecular complexity index is 1160. The van der Waals surface area contributed by atoms with Gasteiger partial charge in [-0.1, -0.05) is 11.6 Å². The van der Waals surface area contributed by atoms with Crippen molar-refractivity contribution in [1.82, 2.24) is 9.88 Å². The molecule has 0 bridgehead atoms.